The van der Waals surface area contributed by atoms with Crippen LogP contribution in [0, 0.1) is 11.7 Å². The van der Waals surface area contributed by atoms with Gasteiger partial charge in [0.2, 0.25) is 0 Å². The van der Waals surface area contributed by atoms with Gasteiger partial charge in [-0.3, -0.25) is 4.90 Å². The number of benzene rings is 1. The Morgan fingerprint density at radius 1 is 1.50 bits per heavy atom. The minimum Gasteiger partial charge on any atom is -0.299 e. The first kappa shape index (κ1) is 12.3. The third-order valence-corrected chi connectivity index (χ3v) is 4.22. The van der Waals surface area contributed by atoms with E-state index < -0.39 is 0 Å². The molecule has 0 aromatic heterocycles. The van der Waals surface area contributed by atoms with E-state index in [1.165, 1.54) is 6.42 Å². The van der Waals surface area contributed by atoms with Gasteiger partial charge in [0.05, 0.1) is 5.02 Å². The lowest BCUT2D eigenvalue weighted by atomic mass is 10.2. The fourth-order valence-corrected chi connectivity index (χ4v) is 2.82. The lowest BCUT2D eigenvalue weighted by molar-refractivity contribution is 0.316. The molecule has 1 aromatic carbocycles. The molecular weight excluding hydrogens is 292 g/mol. The van der Waals surface area contributed by atoms with Crippen LogP contribution >= 0.6 is 27.5 Å². The van der Waals surface area contributed by atoms with Crippen LogP contribution in [0.15, 0.2) is 18.2 Å². The van der Waals surface area contributed by atoms with Crippen molar-refractivity contribution in [1.29, 1.82) is 0 Å². The van der Waals surface area contributed by atoms with Crippen molar-refractivity contribution < 1.29 is 4.39 Å². The van der Waals surface area contributed by atoms with Crippen LogP contribution in [0.4, 0.5) is 4.39 Å². The maximum Gasteiger partial charge on any atom is 0.146 e. The highest BCUT2D eigenvalue weighted by atomic mass is 79.9. The fourth-order valence-electron chi connectivity index (χ4n) is 2.09. The molecule has 4 heteroatoms. The number of halogens is 3. The van der Waals surface area contributed by atoms with Gasteiger partial charge in [-0.25, -0.2) is 4.39 Å². The quantitative estimate of drug-likeness (QED) is 0.770. The van der Waals surface area contributed by atoms with Gasteiger partial charge in [-0.05, 0) is 24.9 Å². The Morgan fingerprint density at radius 3 is 3.00 bits per heavy atom. The molecule has 1 heterocycles. The monoisotopic (exact) mass is 305 g/mol. The summed E-state index contributed by atoms with van der Waals surface area (Å²) in [5.74, 6) is 0.425. The predicted octanol–water partition coefficient (Wildman–Crippen LogP) is 3.70. The van der Waals surface area contributed by atoms with Gasteiger partial charge in [0.15, 0.2) is 0 Å². The first-order chi connectivity index (χ1) is 7.70. The molecule has 2 rings (SSSR count). The van der Waals surface area contributed by atoms with Gasteiger partial charge < -0.3 is 0 Å². The highest BCUT2D eigenvalue weighted by Crippen LogP contribution is 2.23. The molecule has 1 aliphatic rings. The van der Waals surface area contributed by atoms with Crippen LogP contribution in [-0.4, -0.2) is 23.3 Å². The van der Waals surface area contributed by atoms with E-state index in [-0.39, 0.29) is 10.8 Å². The second kappa shape index (κ2) is 5.48. The van der Waals surface area contributed by atoms with Gasteiger partial charge in [0.1, 0.15) is 5.82 Å². The SMILES string of the molecule is Fc1c(Cl)cccc1CN1CCC(CBr)C1. The van der Waals surface area contributed by atoms with Crippen molar-refractivity contribution in [3.63, 3.8) is 0 Å². The lowest BCUT2D eigenvalue weighted by Crippen LogP contribution is -2.21. The maximum atomic E-state index is 13.7. The van der Waals surface area contributed by atoms with E-state index in [0.717, 1.165) is 18.4 Å². The van der Waals surface area contributed by atoms with E-state index in [4.69, 9.17) is 11.6 Å². The van der Waals surface area contributed by atoms with Gasteiger partial charge >= 0.3 is 0 Å². The fraction of sp³-hybridized carbons (Fsp3) is 0.500. The molecule has 1 aromatic rings. The minimum absolute atomic E-state index is 0.216. The summed E-state index contributed by atoms with van der Waals surface area (Å²) < 4.78 is 13.7. The van der Waals surface area contributed by atoms with Crippen LogP contribution in [0.2, 0.25) is 5.02 Å². The Labute approximate surface area is 109 Å². The Kier molecular flexibility index (Phi) is 4.22. The summed E-state index contributed by atoms with van der Waals surface area (Å²) >= 11 is 9.25. The van der Waals surface area contributed by atoms with Crippen LogP contribution in [0.3, 0.4) is 0 Å². The molecule has 0 spiro atoms. The molecule has 0 saturated carbocycles. The highest BCUT2D eigenvalue weighted by Gasteiger charge is 2.22. The van der Waals surface area contributed by atoms with E-state index in [1.807, 2.05) is 6.07 Å². The first-order valence-corrected chi connectivity index (χ1v) is 6.92. The predicted molar refractivity (Wildman–Crippen MR) is 68.6 cm³/mol. The van der Waals surface area contributed by atoms with Gasteiger partial charge in [0, 0.05) is 24.0 Å². The van der Waals surface area contributed by atoms with E-state index in [9.17, 15) is 4.39 Å². The number of alkyl halides is 1. The van der Waals surface area contributed by atoms with Crippen molar-refractivity contribution in [1.82, 2.24) is 4.90 Å². The molecule has 16 heavy (non-hydrogen) atoms. The number of hydrogen-bond acceptors (Lipinski definition) is 1. The number of rotatable bonds is 3. The Bertz CT molecular complexity index is 372. The molecule has 0 aliphatic carbocycles. The Hall–Kier alpha value is -0.120. The molecule has 0 N–H and O–H groups in total. The zero-order valence-corrected chi connectivity index (χ0v) is 11.3. The maximum absolute atomic E-state index is 13.7. The molecule has 0 bridgehead atoms. The van der Waals surface area contributed by atoms with Crippen molar-refractivity contribution >= 4 is 27.5 Å². The first-order valence-electron chi connectivity index (χ1n) is 5.42. The van der Waals surface area contributed by atoms with Crippen LogP contribution < -0.4 is 0 Å². The number of hydrogen-bond donors (Lipinski definition) is 0. The molecule has 1 unspecified atom stereocenters. The summed E-state index contributed by atoms with van der Waals surface area (Å²) in [7, 11) is 0. The third-order valence-electron chi connectivity index (χ3n) is 3.01. The van der Waals surface area contributed by atoms with E-state index in [1.54, 1.807) is 12.1 Å². The molecule has 0 amide bonds. The van der Waals surface area contributed by atoms with Crippen LogP contribution in [0.5, 0.6) is 0 Å². The van der Waals surface area contributed by atoms with Crippen molar-refractivity contribution in [3.8, 4) is 0 Å². The average Bonchev–Trinajstić information content (AvgIpc) is 2.73. The summed E-state index contributed by atoms with van der Waals surface area (Å²) in [6.07, 6.45) is 1.19. The lowest BCUT2D eigenvalue weighted by Gasteiger charge is -2.16. The van der Waals surface area contributed by atoms with Gasteiger partial charge in [0.25, 0.3) is 0 Å². The smallest absolute Gasteiger partial charge is 0.146 e. The largest absolute Gasteiger partial charge is 0.299 e. The van der Waals surface area contributed by atoms with Crippen molar-refractivity contribution in [2.75, 3.05) is 18.4 Å². The second-order valence-corrected chi connectivity index (χ2v) is 5.31. The average molecular weight is 307 g/mol. The summed E-state index contributed by atoms with van der Waals surface area (Å²) in [5.41, 5.74) is 0.697. The topological polar surface area (TPSA) is 3.24 Å². The van der Waals surface area contributed by atoms with E-state index in [2.05, 4.69) is 20.8 Å². The molecule has 1 atom stereocenters. The third kappa shape index (κ3) is 2.76. The van der Waals surface area contributed by atoms with Crippen molar-refractivity contribution in [2.45, 2.75) is 13.0 Å². The van der Waals surface area contributed by atoms with Crippen LogP contribution in [-0.2, 0) is 6.54 Å². The summed E-state index contributed by atoms with van der Waals surface area (Å²) in [5, 5.41) is 1.25. The number of nitrogens with zero attached hydrogens (tertiary/aromatic N) is 1. The molecular formula is C12H14BrClFN. The van der Waals surface area contributed by atoms with Gasteiger partial charge in [-0.15, -0.1) is 0 Å². The summed E-state index contributed by atoms with van der Waals surface area (Å²) in [6, 6.07) is 5.20. The molecule has 0 radical (unpaired) electrons. The molecule has 1 aliphatic heterocycles. The Morgan fingerprint density at radius 2 is 2.31 bits per heavy atom. The molecule has 1 nitrogen and oxygen atoms in total. The summed E-state index contributed by atoms with van der Waals surface area (Å²) in [4.78, 5) is 2.28. The molecule has 1 fully saturated rings. The normalized spacial score (nSPS) is 21.6. The van der Waals surface area contributed by atoms with Gasteiger partial charge in [-0.2, -0.15) is 0 Å². The number of likely N-dealkylation sites (tertiary alicyclic amines) is 1. The van der Waals surface area contributed by atoms with E-state index in [0.29, 0.717) is 18.0 Å². The van der Waals surface area contributed by atoms with Crippen molar-refractivity contribution in [3.05, 3.63) is 34.6 Å². The van der Waals surface area contributed by atoms with Crippen molar-refractivity contribution in [2.24, 2.45) is 5.92 Å². The standard InChI is InChI=1S/C12H14BrClFN/c13-6-9-4-5-16(7-9)8-10-2-1-3-11(14)12(10)15/h1-3,9H,4-8H2. The minimum atomic E-state index is -0.272. The van der Waals surface area contributed by atoms with E-state index >= 15 is 0 Å². The van der Waals surface area contributed by atoms with Gasteiger partial charge in [-0.1, -0.05) is 39.7 Å². The highest BCUT2D eigenvalue weighted by molar-refractivity contribution is 9.09. The molecule has 1 saturated heterocycles. The zero-order valence-electron chi connectivity index (χ0n) is 8.93. The molecule has 88 valence electrons. The van der Waals surface area contributed by atoms with Crippen LogP contribution in [0.25, 0.3) is 0 Å². The van der Waals surface area contributed by atoms with Crippen LogP contribution in [0.1, 0.15) is 12.0 Å². The zero-order chi connectivity index (χ0) is 11.5. The summed E-state index contributed by atoms with van der Waals surface area (Å²) in [6.45, 7) is 2.75. The Balaban J connectivity index is 2.02. The second-order valence-electron chi connectivity index (χ2n) is 4.26.